The van der Waals surface area contributed by atoms with Crippen LogP contribution >= 0.6 is 11.3 Å². The molecule has 1 aliphatic heterocycles. The predicted molar refractivity (Wildman–Crippen MR) is 89.6 cm³/mol. The minimum atomic E-state index is -0.674. The number of nitrogens with zero attached hydrogens (tertiary/aromatic N) is 2. The topological polar surface area (TPSA) is 105 Å². The molecule has 1 atom stereocenters. The van der Waals surface area contributed by atoms with E-state index in [2.05, 4.69) is 15.6 Å². The maximum atomic E-state index is 12.3. The Balaban J connectivity index is 1.41. The Morgan fingerprint density at radius 3 is 3.04 bits per heavy atom. The third-order valence-corrected chi connectivity index (χ3v) is 4.65. The molecule has 1 aliphatic rings. The molecule has 0 bridgehead atoms. The first-order chi connectivity index (χ1) is 12.1. The molecule has 0 radical (unpaired) electrons. The zero-order valence-corrected chi connectivity index (χ0v) is 14.3. The summed E-state index contributed by atoms with van der Waals surface area (Å²) in [4.78, 5) is 41.3. The Hall–Kier alpha value is -2.68. The standard InChI is InChI=1S/C16H18N4O4S/c21-13(17-6-5-14-18-7-9-25-14)4-3-12-15(22)20(16(23)19-12)10-11-2-1-8-24-11/h1-2,7-9,12H,3-6,10H2,(H,17,21)(H,19,23). The first-order valence-electron chi connectivity index (χ1n) is 7.93. The monoisotopic (exact) mass is 362 g/mol. The van der Waals surface area contributed by atoms with Gasteiger partial charge in [0.25, 0.3) is 5.91 Å². The minimum absolute atomic E-state index is 0.0914. The van der Waals surface area contributed by atoms with Crippen molar-refractivity contribution in [2.75, 3.05) is 6.54 Å². The normalized spacial score (nSPS) is 17.0. The van der Waals surface area contributed by atoms with Gasteiger partial charge >= 0.3 is 6.03 Å². The summed E-state index contributed by atoms with van der Waals surface area (Å²) >= 11 is 1.54. The van der Waals surface area contributed by atoms with Gasteiger partial charge in [0.05, 0.1) is 17.8 Å². The fourth-order valence-corrected chi connectivity index (χ4v) is 3.15. The number of rotatable bonds is 8. The van der Waals surface area contributed by atoms with Crippen LogP contribution in [0, 0.1) is 0 Å². The summed E-state index contributed by atoms with van der Waals surface area (Å²) in [5.41, 5.74) is 0. The second-order valence-corrected chi connectivity index (χ2v) is 6.55. The third kappa shape index (κ3) is 4.44. The molecule has 8 nitrogen and oxygen atoms in total. The number of aromatic nitrogens is 1. The summed E-state index contributed by atoms with van der Waals surface area (Å²) in [6.07, 6.45) is 4.33. The Morgan fingerprint density at radius 1 is 1.44 bits per heavy atom. The van der Waals surface area contributed by atoms with Crippen LogP contribution in [0.3, 0.4) is 0 Å². The molecule has 2 aromatic rings. The third-order valence-electron chi connectivity index (χ3n) is 3.81. The quantitative estimate of drug-likeness (QED) is 0.689. The molecule has 0 aliphatic carbocycles. The van der Waals surface area contributed by atoms with Gasteiger partial charge in [0.15, 0.2) is 0 Å². The van der Waals surface area contributed by atoms with E-state index in [9.17, 15) is 14.4 Å². The van der Waals surface area contributed by atoms with E-state index in [1.165, 1.54) is 6.26 Å². The lowest BCUT2D eigenvalue weighted by atomic mass is 10.1. The molecule has 132 valence electrons. The number of urea groups is 1. The maximum absolute atomic E-state index is 12.3. The van der Waals surface area contributed by atoms with Crippen molar-refractivity contribution in [3.05, 3.63) is 40.7 Å². The van der Waals surface area contributed by atoms with Crippen LogP contribution in [0.4, 0.5) is 4.79 Å². The summed E-state index contributed by atoms with van der Waals surface area (Å²) in [5, 5.41) is 8.25. The second-order valence-electron chi connectivity index (χ2n) is 5.57. The van der Waals surface area contributed by atoms with Gasteiger partial charge in [0.2, 0.25) is 5.91 Å². The average molecular weight is 362 g/mol. The molecule has 2 N–H and O–H groups in total. The van der Waals surface area contributed by atoms with Gasteiger partial charge in [-0.15, -0.1) is 11.3 Å². The van der Waals surface area contributed by atoms with Crippen LogP contribution in [0.5, 0.6) is 0 Å². The van der Waals surface area contributed by atoms with Gasteiger partial charge in [0, 0.05) is 31.0 Å². The molecule has 2 aromatic heterocycles. The summed E-state index contributed by atoms with van der Waals surface area (Å²) in [6.45, 7) is 0.593. The van der Waals surface area contributed by atoms with Crippen molar-refractivity contribution in [1.82, 2.24) is 20.5 Å². The zero-order chi connectivity index (χ0) is 17.6. The van der Waals surface area contributed by atoms with E-state index >= 15 is 0 Å². The molecule has 9 heteroatoms. The summed E-state index contributed by atoms with van der Waals surface area (Å²) < 4.78 is 5.16. The maximum Gasteiger partial charge on any atom is 0.325 e. The van der Waals surface area contributed by atoms with Gasteiger partial charge in [-0.1, -0.05) is 0 Å². The molecule has 25 heavy (non-hydrogen) atoms. The van der Waals surface area contributed by atoms with Gasteiger partial charge < -0.3 is 15.1 Å². The highest BCUT2D eigenvalue weighted by molar-refractivity contribution is 7.09. The molecule has 1 saturated heterocycles. The number of thiazole rings is 1. The molecule has 1 fully saturated rings. The van der Waals surface area contributed by atoms with Crippen molar-refractivity contribution in [3.8, 4) is 0 Å². The Kier molecular flexibility index (Phi) is 5.44. The van der Waals surface area contributed by atoms with Crippen LogP contribution in [0.2, 0.25) is 0 Å². The molecule has 0 aromatic carbocycles. The fraction of sp³-hybridized carbons (Fsp3) is 0.375. The van der Waals surface area contributed by atoms with Gasteiger partial charge in [-0.2, -0.15) is 0 Å². The lowest BCUT2D eigenvalue weighted by Gasteiger charge is -2.11. The van der Waals surface area contributed by atoms with Crippen molar-refractivity contribution in [3.63, 3.8) is 0 Å². The van der Waals surface area contributed by atoms with E-state index in [-0.39, 0.29) is 31.2 Å². The Labute approximate surface area is 148 Å². The average Bonchev–Trinajstić information content (AvgIpc) is 3.33. The Morgan fingerprint density at radius 2 is 2.32 bits per heavy atom. The predicted octanol–water partition coefficient (Wildman–Crippen LogP) is 1.30. The van der Waals surface area contributed by atoms with E-state index in [4.69, 9.17) is 4.42 Å². The number of imide groups is 1. The smallest absolute Gasteiger partial charge is 0.325 e. The molecule has 3 heterocycles. The Bertz CT molecular complexity index is 729. The number of amides is 4. The zero-order valence-electron chi connectivity index (χ0n) is 13.4. The van der Waals surface area contributed by atoms with Crippen LogP contribution in [0.15, 0.2) is 34.4 Å². The van der Waals surface area contributed by atoms with Crippen molar-refractivity contribution in [1.29, 1.82) is 0 Å². The van der Waals surface area contributed by atoms with Crippen molar-refractivity contribution >= 4 is 29.2 Å². The molecular weight excluding hydrogens is 344 g/mol. The number of furan rings is 1. The summed E-state index contributed by atoms with van der Waals surface area (Å²) in [7, 11) is 0. The van der Waals surface area contributed by atoms with Crippen LogP contribution in [0.1, 0.15) is 23.6 Å². The molecule has 1 unspecified atom stereocenters. The first-order valence-corrected chi connectivity index (χ1v) is 8.81. The number of carbonyl (C=O) groups excluding carboxylic acids is 3. The summed E-state index contributed by atoms with van der Waals surface area (Å²) in [5.74, 6) is 0.0455. The van der Waals surface area contributed by atoms with Crippen LogP contribution in [0.25, 0.3) is 0 Å². The lowest BCUT2D eigenvalue weighted by Crippen LogP contribution is -2.33. The number of hydrogen-bond acceptors (Lipinski definition) is 6. The van der Waals surface area contributed by atoms with E-state index in [0.29, 0.717) is 18.7 Å². The van der Waals surface area contributed by atoms with Gasteiger partial charge in [-0.3, -0.25) is 14.5 Å². The first kappa shape index (κ1) is 17.2. The van der Waals surface area contributed by atoms with Crippen molar-refractivity contribution in [2.24, 2.45) is 0 Å². The van der Waals surface area contributed by atoms with Crippen LogP contribution in [-0.2, 0) is 22.6 Å². The van der Waals surface area contributed by atoms with Gasteiger partial charge in [-0.25, -0.2) is 9.78 Å². The SMILES string of the molecule is O=C(CCC1NC(=O)N(Cc2ccco2)C1=O)NCCc1nccs1. The highest BCUT2D eigenvalue weighted by Crippen LogP contribution is 2.15. The minimum Gasteiger partial charge on any atom is -0.467 e. The fourth-order valence-electron chi connectivity index (χ4n) is 2.53. The highest BCUT2D eigenvalue weighted by Gasteiger charge is 2.38. The molecule has 4 amide bonds. The van der Waals surface area contributed by atoms with E-state index in [1.54, 1.807) is 29.7 Å². The van der Waals surface area contributed by atoms with Crippen molar-refractivity contribution in [2.45, 2.75) is 31.8 Å². The molecular formula is C16H18N4O4S. The second kappa shape index (κ2) is 7.93. The van der Waals surface area contributed by atoms with Crippen LogP contribution in [-0.4, -0.2) is 40.3 Å². The van der Waals surface area contributed by atoms with E-state index in [0.717, 1.165) is 9.91 Å². The van der Waals surface area contributed by atoms with Crippen molar-refractivity contribution < 1.29 is 18.8 Å². The highest BCUT2D eigenvalue weighted by atomic mass is 32.1. The van der Waals surface area contributed by atoms with Gasteiger partial charge in [0.1, 0.15) is 11.8 Å². The number of nitrogens with one attached hydrogen (secondary N) is 2. The van der Waals surface area contributed by atoms with E-state index in [1.807, 2.05) is 5.38 Å². The molecule has 3 rings (SSSR count). The van der Waals surface area contributed by atoms with Gasteiger partial charge in [-0.05, 0) is 18.6 Å². The number of hydrogen-bond donors (Lipinski definition) is 2. The lowest BCUT2D eigenvalue weighted by molar-refractivity contribution is -0.128. The largest absolute Gasteiger partial charge is 0.467 e. The molecule has 0 spiro atoms. The number of carbonyl (C=O) groups is 3. The molecule has 0 saturated carbocycles. The van der Waals surface area contributed by atoms with E-state index < -0.39 is 12.1 Å². The van der Waals surface area contributed by atoms with Crippen LogP contribution < -0.4 is 10.6 Å². The summed E-state index contributed by atoms with van der Waals surface area (Å²) in [6, 6.07) is 2.26.